The Morgan fingerprint density at radius 1 is 1.09 bits per heavy atom. The zero-order chi connectivity index (χ0) is 15.6. The van der Waals surface area contributed by atoms with Gasteiger partial charge in [-0.05, 0) is 23.3 Å². The highest BCUT2D eigenvalue weighted by molar-refractivity contribution is 5.99. The monoisotopic (exact) mass is 306 g/mol. The Balaban J connectivity index is 1.50. The first-order valence-corrected chi connectivity index (χ1v) is 7.40. The largest absolute Gasteiger partial charge is 0.449 e. The lowest BCUT2D eigenvalue weighted by molar-refractivity contribution is -0.115. The lowest BCUT2D eigenvalue weighted by Crippen LogP contribution is -2.03. The fourth-order valence-electron chi connectivity index (χ4n) is 2.64. The molecule has 0 radical (unpaired) electrons. The molecule has 0 atom stereocenters. The van der Waals surface area contributed by atoms with E-state index in [4.69, 9.17) is 4.42 Å². The second kappa shape index (κ2) is 5.64. The molecule has 3 aromatic rings. The number of hydrogen-bond donors (Lipinski definition) is 1. The molecular weight excluding hydrogens is 292 g/mol. The minimum absolute atomic E-state index is 0.0373. The molecular formula is C17H14N4O2. The van der Waals surface area contributed by atoms with Crippen LogP contribution in [-0.4, -0.2) is 20.9 Å². The maximum absolute atomic E-state index is 11.4. The summed E-state index contributed by atoms with van der Waals surface area (Å²) < 4.78 is 5.20. The third-order valence-corrected chi connectivity index (χ3v) is 3.81. The summed E-state index contributed by atoms with van der Waals surface area (Å²) in [5.41, 5.74) is 3.86. The van der Waals surface area contributed by atoms with Gasteiger partial charge in [-0.15, -0.1) is 0 Å². The molecule has 0 spiro atoms. The highest BCUT2D eigenvalue weighted by Crippen LogP contribution is 2.28. The summed E-state index contributed by atoms with van der Waals surface area (Å²) in [6.45, 7) is 0. The van der Waals surface area contributed by atoms with Crippen LogP contribution in [0.2, 0.25) is 0 Å². The average molecular weight is 306 g/mol. The van der Waals surface area contributed by atoms with Gasteiger partial charge in [0.2, 0.25) is 5.91 Å². The van der Waals surface area contributed by atoms with Crippen LogP contribution in [0.5, 0.6) is 0 Å². The van der Waals surface area contributed by atoms with Crippen molar-refractivity contribution in [1.82, 2.24) is 15.0 Å². The number of aryl methyl sites for hydroxylation is 2. The van der Waals surface area contributed by atoms with Crippen molar-refractivity contribution in [1.29, 1.82) is 0 Å². The second-order valence-electron chi connectivity index (χ2n) is 5.41. The molecule has 3 heterocycles. The lowest BCUT2D eigenvalue weighted by Gasteiger charge is -2.05. The molecule has 1 amide bonds. The standard InChI is InChI=1S/C17H14N4O2/c22-16-8-12-7-11(1-2-14(12)21-16)13-9-19-15(20-10-13)3-4-17-18-5-6-23-17/h1-2,5-7,9-10H,3-4,8H2,(H,21,22). The summed E-state index contributed by atoms with van der Waals surface area (Å²) in [5.74, 6) is 1.48. The Labute approximate surface area is 132 Å². The predicted molar refractivity (Wildman–Crippen MR) is 83.7 cm³/mol. The minimum Gasteiger partial charge on any atom is -0.449 e. The highest BCUT2D eigenvalue weighted by Gasteiger charge is 2.17. The topological polar surface area (TPSA) is 80.9 Å². The lowest BCUT2D eigenvalue weighted by atomic mass is 10.0. The summed E-state index contributed by atoms with van der Waals surface area (Å²) in [6, 6.07) is 5.90. The number of anilines is 1. The van der Waals surface area contributed by atoms with E-state index in [0.717, 1.165) is 28.2 Å². The van der Waals surface area contributed by atoms with Crippen molar-refractivity contribution >= 4 is 11.6 Å². The number of oxazole rings is 1. The van der Waals surface area contributed by atoms with Crippen molar-refractivity contribution in [3.63, 3.8) is 0 Å². The van der Waals surface area contributed by atoms with Gasteiger partial charge >= 0.3 is 0 Å². The number of rotatable bonds is 4. The summed E-state index contributed by atoms with van der Waals surface area (Å²) in [7, 11) is 0. The molecule has 23 heavy (non-hydrogen) atoms. The zero-order valence-corrected chi connectivity index (χ0v) is 12.3. The average Bonchev–Trinajstić information content (AvgIpc) is 3.21. The SMILES string of the molecule is O=C1Cc2cc(-c3cnc(CCc4ncco4)nc3)ccc2N1. The number of hydrogen-bond acceptors (Lipinski definition) is 5. The molecule has 114 valence electrons. The van der Waals surface area contributed by atoms with Crippen molar-refractivity contribution in [3.05, 3.63) is 60.3 Å². The van der Waals surface area contributed by atoms with Gasteiger partial charge in [-0.2, -0.15) is 0 Å². The highest BCUT2D eigenvalue weighted by atomic mass is 16.3. The van der Waals surface area contributed by atoms with Gasteiger partial charge in [0, 0.05) is 36.5 Å². The van der Waals surface area contributed by atoms with E-state index >= 15 is 0 Å². The molecule has 6 nitrogen and oxygen atoms in total. The number of carbonyl (C=O) groups excluding carboxylic acids is 1. The number of carbonyl (C=O) groups is 1. The first kappa shape index (κ1) is 13.6. The number of nitrogens with zero attached hydrogens (tertiary/aromatic N) is 3. The summed E-state index contributed by atoms with van der Waals surface area (Å²) in [5, 5.41) is 2.83. The number of fused-ring (bicyclic) bond motifs is 1. The Kier molecular flexibility index (Phi) is 3.34. The van der Waals surface area contributed by atoms with Crippen molar-refractivity contribution in [2.45, 2.75) is 19.3 Å². The van der Waals surface area contributed by atoms with Crippen LogP contribution in [-0.2, 0) is 24.1 Å². The fraction of sp³-hybridized carbons (Fsp3) is 0.176. The van der Waals surface area contributed by atoms with Gasteiger partial charge in [-0.1, -0.05) is 6.07 Å². The molecule has 0 fully saturated rings. The van der Waals surface area contributed by atoms with Gasteiger partial charge in [0.05, 0.1) is 12.6 Å². The molecule has 1 N–H and O–H groups in total. The Morgan fingerprint density at radius 2 is 1.96 bits per heavy atom. The maximum atomic E-state index is 11.4. The van der Waals surface area contributed by atoms with Crippen LogP contribution in [0.25, 0.3) is 11.1 Å². The van der Waals surface area contributed by atoms with Gasteiger partial charge in [0.25, 0.3) is 0 Å². The van der Waals surface area contributed by atoms with E-state index < -0.39 is 0 Å². The summed E-state index contributed by atoms with van der Waals surface area (Å²) >= 11 is 0. The first-order chi connectivity index (χ1) is 11.3. The quantitative estimate of drug-likeness (QED) is 0.800. The van der Waals surface area contributed by atoms with Crippen molar-refractivity contribution in [2.75, 3.05) is 5.32 Å². The molecule has 0 unspecified atom stereocenters. The van der Waals surface area contributed by atoms with Crippen LogP contribution in [0, 0.1) is 0 Å². The molecule has 0 saturated heterocycles. The van der Waals surface area contributed by atoms with Crippen molar-refractivity contribution in [2.24, 2.45) is 0 Å². The molecule has 4 rings (SSSR count). The van der Waals surface area contributed by atoms with Gasteiger partial charge < -0.3 is 9.73 Å². The molecule has 0 bridgehead atoms. The van der Waals surface area contributed by atoms with Crippen molar-refractivity contribution in [3.8, 4) is 11.1 Å². The third-order valence-electron chi connectivity index (χ3n) is 3.81. The molecule has 0 saturated carbocycles. The number of amides is 1. The van der Waals surface area contributed by atoms with Crippen LogP contribution in [0.1, 0.15) is 17.3 Å². The summed E-state index contributed by atoms with van der Waals surface area (Å²) in [4.78, 5) is 24.3. The van der Waals surface area contributed by atoms with Crippen LogP contribution in [0.15, 0.2) is 47.5 Å². The zero-order valence-electron chi connectivity index (χ0n) is 12.3. The second-order valence-corrected chi connectivity index (χ2v) is 5.41. The Morgan fingerprint density at radius 3 is 2.74 bits per heavy atom. The van der Waals surface area contributed by atoms with E-state index in [1.807, 2.05) is 30.6 Å². The predicted octanol–water partition coefficient (Wildman–Crippen LogP) is 2.41. The molecule has 2 aromatic heterocycles. The fourth-order valence-corrected chi connectivity index (χ4v) is 2.64. The van der Waals surface area contributed by atoms with Crippen molar-refractivity contribution < 1.29 is 9.21 Å². The van der Waals surface area contributed by atoms with Crippen LogP contribution in [0.4, 0.5) is 5.69 Å². The van der Waals surface area contributed by atoms with E-state index in [2.05, 4.69) is 20.3 Å². The minimum atomic E-state index is 0.0373. The van der Waals surface area contributed by atoms with E-state index in [1.165, 1.54) is 0 Å². The van der Waals surface area contributed by atoms with Gasteiger partial charge in [0.15, 0.2) is 5.89 Å². The maximum Gasteiger partial charge on any atom is 0.228 e. The smallest absolute Gasteiger partial charge is 0.228 e. The number of benzene rings is 1. The van der Waals surface area contributed by atoms with Gasteiger partial charge in [0.1, 0.15) is 12.1 Å². The van der Waals surface area contributed by atoms with Crippen LogP contribution in [0.3, 0.4) is 0 Å². The Hall–Kier alpha value is -3.02. The molecule has 1 aromatic carbocycles. The Bertz CT molecular complexity index is 842. The first-order valence-electron chi connectivity index (χ1n) is 7.40. The van der Waals surface area contributed by atoms with E-state index in [0.29, 0.717) is 25.2 Å². The molecule has 6 heteroatoms. The number of aromatic nitrogens is 3. The molecule has 1 aliphatic rings. The van der Waals surface area contributed by atoms with Crippen LogP contribution >= 0.6 is 0 Å². The number of nitrogens with one attached hydrogen (secondary N) is 1. The van der Waals surface area contributed by atoms with E-state index in [9.17, 15) is 4.79 Å². The van der Waals surface area contributed by atoms with Gasteiger partial charge in [-0.25, -0.2) is 15.0 Å². The van der Waals surface area contributed by atoms with E-state index in [-0.39, 0.29) is 5.91 Å². The van der Waals surface area contributed by atoms with E-state index in [1.54, 1.807) is 12.5 Å². The summed E-state index contributed by atoms with van der Waals surface area (Å²) in [6.07, 6.45) is 8.60. The third kappa shape index (κ3) is 2.83. The van der Waals surface area contributed by atoms with Crippen LogP contribution < -0.4 is 5.32 Å². The molecule has 1 aliphatic heterocycles. The van der Waals surface area contributed by atoms with Gasteiger partial charge in [-0.3, -0.25) is 4.79 Å². The molecule has 0 aliphatic carbocycles. The normalized spacial score (nSPS) is 13.0.